The summed E-state index contributed by atoms with van der Waals surface area (Å²) in [4.78, 5) is 2.28. The van der Waals surface area contributed by atoms with Crippen LogP contribution < -0.4 is 4.74 Å². The molecule has 1 heterocycles. The third-order valence-electron chi connectivity index (χ3n) is 3.95. The van der Waals surface area contributed by atoms with E-state index in [-0.39, 0.29) is 6.29 Å². The molecule has 4 heteroatoms. The van der Waals surface area contributed by atoms with E-state index < -0.39 is 0 Å². The molecule has 0 bridgehead atoms. The summed E-state index contributed by atoms with van der Waals surface area (Å²) in [7, 11) is 2.12. The number of ether oxygens (including phenoxy) is 3. The fourth-order valence-corrected chi connectivity index (χ4v) is 2.53. The molecule has 22 heavy (non-hydrogen) atoms. The molecule has 1 atom stereocenters. The Morgan fingerprint density at radius 2 is 2.05 bits per heavy atom. The first-order valence-corrected chi connectivity index (χ1v) is 8.36. The monoisotopic (exact) mass is 307 g/mol. The van der Waals surface area contributed by atoms with Gasteiger partial charge < -0.3 is 19.1 Å². The van der Waals surface area contributed by atoms with Gasteiger partial charge in [0.15, 0.2) is 6.29 Å². The second kappa shape index (κ2) is 9.82. The van der Waals surface area contributed by atoms with Crippen molar-refractivity contribution >= 4 is 0 Å². The molecule has 2 rings (SSSR count). The zero-order valence-electron chi connectivity index (χ0n) is 13.9. The van der Waals surface area contributed by atoms with E-state index in [9.17, 15) is 0 Å². The molecule has 1 aliphatic heterocycles. The van der Waals surface area contributed by atoms with Gasteiger partial charge >= 0.3 is 0 Å². The summed E-state index contributed by atoms with van der Waals surface area (Å²) < 4.78 is 17.1. The van der Waals surface area contributed by atoms with Gasteiger partial charge in [0.2, 0.25) is 0 Å². The van der Waals surface area contributed by atoms with E-state index in [1.165, 1.54) is 18.4 Å². The molecule has 0 aliphatic carbocycles. The molecule has 1 aromatic rings. The third-order valence-corrected chi connectivity index (χ3v) is 3.95. The standard InChI is InChI=1S/C18H29NO3/c1-16-8-3-4-9-17(16)20-15-12-19(2)11-7-14-22-18-10-5-6-13-21-18/h3-4,8-9,18H,5-7,10-15H2,1-2H3/t18-/m0/s1. The quantitative estimate of drug-likeness (QED) is 0.655. The van der Waals surface area contributed by atoms with Crippen molar-refractivity contribution in [3.63, 3.8) is 0 Å². The number of benzene rings is 1. The maximum Gasteiger partial charge on any atom is 0.157 e. The Hall–Kier alpha value is -1.10. The summed E-state index contributed by atoms with van der Waals surface area (Å²) in [5, 5.41) is 0. The first-order valence-electron chi connectivity index (χ1n) is 8.36. The van der Waals surface area contributed by atoms with Crippen molar-refractivity contribution in [3.8, 4) is 5.75 Å². The van der Waals surface area contributed by atoms with Crippen LogP contribution in [0.25, 0.3) is 0 Å². The molecule has 4 nitrogen and oxygen atoms in total. The van der Waals surface area contributed by atoms with Crippen LogP contribution in [0.4, 0.5) is 0 Å². The number of nitrogens with zero attached hydrogens (tertiary/aromatic N) is 1. The van der Waals surface area contributed by atoms with Crippen LogP contribution >= 0.6 is 0 Å². The highest BCUT2D eigenvalue weighted by atomic mass is 16.7. The van der Waals surface area contributed by atoms with Crippen LogP contribution in [0, 0.1) is 6.92 Å². The summed E-state index contributed by atoms with van der Waals surface area (Å²) in [6.45, 7) is 6.35. The SMILES string of the molecule is Cc1ccccc1OCCN(C)CCCO[C@H]1CCCCO1. The van der Waals surface area contributed by atoms with Gasteiger partial charge in [0.05, 0.1) is 6.61 Å². The molecule has 0 N–H and O–H groups in total. The fraction of sp³-hybridized carbons (Fsp3) is 0.667. The van der Waals surface area contributed by atoms with Crippen LogP contribution in [0.15, 0.2) is 24.3 Å². The van der Waals surface area contributed by atoms with Crippen LogP contribution in [-0.2, 0) is 9.47 Å². The Morgan fingerprint density at radius 1 is 1.18 bits per heavy atom. The third kappa shape index (κ3) is 6.34. The Morgan fingerprint density at radius 3 is 2.82 bits per heavy atom. The Bertz CT molecular complexity index is 419. The number of hydrogen-bond donors (Lipinski definition) is 0. The average molecular weight is 307 g/mol. The van der Waals surface area contributed by atoms with Crippen LogP contribution in [0.3, 0.4) is 0 Å². The van der Waals surface area contributed by atoms with Crippen molar-refractivity contribution in [3.05, 3.63) is 29.8 Å². The van der Waals surface area contributed by atoms with Crippen molar-refractivity contribution in [2.45, 2.75) is 38.9 Å². The number of para-hydroxylation sites is 1. The second-order valence-electron chi connectivity index (χ2n) is 5.94. The molecule has 1 saturated heterocycles. The van der Waals surface area contributed by atoms with Crippen molar-refractivity contribution in [2.75, 3.05) is 40.0 Å². The van der Waals surface area contributed by atoms with Crippen molar-refractivity contribution < 1.29 is 14.2 Å². The topological polar surface area (TPSA) is 30.9 Å². The van der Waals surface area contributed by atoms with Gasteiger partial charge in [0, 0.05) is 19.7 Å². The lowest BCUT2D eigenvalue weighted by atomic mass is 10.2. The lowest BCUT2D eigenvalue weighted by Gasteiger charge is -2.23. The van der Waals surface area contributed by atoms with Gasteiger partial charge in [-0.05, 0) is 51.3 Å². The van der Waals surface area contributed by atoms with Crippen LogP contribution in [-0.4, -0.2) is 51.1 Å². The molecule has 0 unspecified atom stereocenters. The second-order valence-corrected chi connectivity index (χ2v) is 5.94. The van der Waals surface area contributed by atoms with E-state index in [2.05, 4.69) is 24.9 Å². The number of aryl methyl sites for hydroxylation is 1. The predicted octanol–water partition coefficient (Wildman–Crippen LogP) is 3.24. The van der Waals surface area contributed by atoms with E-state index in [1.807, 2.05) is 18.2 Å². The zero-order chi connectivity index (χ0) is 15.6. The highest BCUT2D eigenvalue weighted by molar-refractivity contribution is 5.31. The average Bonchev–Trinajstić information content (AvgIpc) is 2.54. The number of likely N-dealkylation sites (N-methyl/N-ethyl adjacent to an activating group) is 1. The number of hydrogen-bond acceptors (Lipinski definition) is 4. The maximum atomic E-state index is 5.82. The van der Waals surface area contributed by atoms with Crippen molar-refractivity contribution in [2.24, 2.45) is 0 Å². The first kappa shape index (κ1) is 17.3. The van der Waals surface area contributed by atoms with Crippen LogP contribution in [0.1, 0.15) is 31.2 Å². The smallest absolute Gasteiger partial charge is 0.157 e. The van der Waals surface area contributed by atoms with Crippen molar-refractivity contribution in [1.29, 1.82) is 0 Å². The van der Waals surface area contributed by atoms with Gasteiger partial charge in [0.25, 0.3) is 0 Å². The minimum Gasteiger partial charge on any atom is -0.492 e. The molecule has 124 valence electrons. The van der Waals surface area contributed by atoms with Gasteiger partial charge in [-0.15, -0.1) is 0 Å². The lowest BCUT2D eigenvalue weighted by Crippen LogP contribution is -2.27. The molecule has 0 amide bonds. The molecule has 1 aromatic carbocycles. The fourth-order valence-electron chi connectivity index (χ4n) is 2.53. The van der Waals surface area contributed by atoms with E-state index in [0.717, 1.165) is 44.9 Å². The minimum atomic E-state index is 0.0310. The van der Waals surface area contributed by atoms with Gasteiger partial charge in [-0.3, -0.25) is 0 Å². The molecular formula is C18H29NO3. The summed E-state index contributed by atoms with van der Waals surface area (Å²) >= 11 is 0. The van der Waals surface area contributed by atoms with E-state index >= 15 is 0 Å². The van der Waals surface area contributed by atoms with Gasteiger partial charge in [0.1, 0.15) is 12.4 Å². The highest BCUT2D eigenvalue weighted by Crippen LogP contribution is 2.16. The first-order chi connectivity index (χ1) is 10.8. The van der Waals surface area contributed by atoms with Gasteiger partial charge in [-0.2, -0.15) is 0 Å². The largest absolute Gasteiger partial charge is 0.492 e. The van der Waals surface area contributed by atoms with E-state index in [4.69, 9.17) is 14.2 Å². The maximum absolute atomic E-state index is 5.82. The van der Waals surface area contributed by atoms with Gasteiger partial charge in [-0.25, -0.2) is 0 Å². The molecular weight excluding hydrogens is 278 g/mol. The zero-order valence-corrected chi connectivity index (χ0v) is 13.9. The molecule has 0 spiro atoms. The molecule has 0 aromatic heterocycles. The summed E-state index contributed by atoms with van der Waals surface area (Å²) in [6, 6.07) is 8.14. The van der Waals surface area contributed by atoms with E-state index in [1.54, 1.807) is 0 Å². The van der Waals surface area contributed by atoms with Crippen molar-refractivity contribution in [1.82, 2.24) is 4.90 Å². The summed E-state index contributed by atoms with van der Waals surface area (Å²) in [5.41, 5.74) is 1.19. The number of rotatable bonds is 9. The summed E-state index contributed by atoms with van der Waals surface area (Å²) in [6.07, 6.45) is 4.49. The Kier molecular flexibility index (Phi) is 7.71. The Labute approximate surface area is 134 Å². The molecule has 0 saturated carbocycles. The molecule has 1 aliphatic rings. The normalized spacial score (nSPS) is 18.6. The Balaban J connectivity index is 1.50. The molecule has 0 radical (unpaired) electrons. The van der Waals surface area contributed by atoms with E-state index in [0.29, 0.717) is 6.61 Å². The summed E-state index contributed by atoms with van der Waals surface area (Å²) in [5.74, 6) is 0.980. The highest BCUT2D eigenvalue weighted by Gasteiger charge is 2.13. The minimum absolute atomic E-state index is 0.0310. The van der Waals surface area contributed by atoms with Gasteiger partial charge in [-0.1, -0.05) is 18.2 Å². The van der Waals surface area contributed by atoms with Crippen LogP contribution in [0.2, 0.25) is 0 Å². The van der Waals surface area contributed by atoms with Crippen LogP contribution in [0.5, 0.6) is 5.75 Å². The molecule has 1 fully saturated rings. The lowest BCUT2D eigenvalue weighted by molar-refractivity contribution is -0.163. The predicted molar refractivity (Wildman–Crippen MR) is 88.3 cm³/mol.